The highest BCUT2D eigenvalue weighted by Gasteiger charge is 2.23. The Kier molecular flexibility index (Phi) is 2.30. The van der Waals surface area contributed by atoms with Gasteiger partial charge in [0, 0.05) is 0 Å². The van der Waals surface area contributed by atoms with Gasteiger partial charge in [0.15, 0.2) is 0 Å². The van der Waals surface area contributed by atoms with Crippen LogP contribution in [0.1, 0.15) is 11.6 Å². The van der Waals surface area contributed by atoms with Crippen LogP contribution < -0.4 is 10.4 Å². The third-order valence-electron chi connectivity index (χ3n) is 2.69. The van der Waals surface area contributed by atoms with Gasteiger partial charge in [0.25, 0.3) is 0 Å². The van der Waals surface area contributed by atoms with Crippen LogP contribution in [0.15, 0.2) is 42.1 Å². The van der Waals surface area contributed by atoms with Crippen LogP contribution in [0.3, 0.4) is 0 Å². The Balaban J connectivity index is 2.10. The van der Waals surface area contributed by atoms with E-state index in [0.29, 0.717) is 0 Å². The molecule has 1 N–H and O–H groups in total. The van der Waals surface area contributed by atoms with Crippen molar-refractivity contribution < 1.29 is 9.90 Å². The molecule has 7 nitrogen and oxygen atoms in total. The Morgan fingerprint density at radius 3 is 2.83 bits per heavy atom. The molecule has 1 aromatic heterocycles. The number of carbonyl (C=O) groups excluding carboxylic acids is 1. The van der Waals surface area contributed by atoms with Crippen molar-refractivity contribution >= 4 is 11.9 Å². The predicted octanol–water partition coefficient (Wildman–Crippen LogP) is -0.678. The molecule has 0 saturated heterocycles. The van der Waals surface area contributed by atoms with E-state index in [0.717, 1.165) is 5.56 Å². The molecule has 0 unspecified atom stereocenters. The number of rotatable bonds is 2. The fraction of sp³-hybridized carbons (Fsp3) is 0.0909. The Morgan fingerprint density at radius 2 is 2.11 bits per heavy atom. The summed E-state index contributed by atoms with van der Waals surface area (Å²) in [4.78, 5) is 10.9. The molecule has 7 heteroatoms. The minimum absolute atomic E-state index is 0.0360. The number of anilines is 1. The van der Waals surface area contributed by atoms with E-state index in [4.69, 9.17) is 0 Å². The van der Waals surface area contributed by atoms with Crippen molar-refractivity contribution in [3.63, 3.8) is 0 Å². The van der Waals surface area contributed by atoms with Crippen LogP contribution in [0.5, 0.6) is 0 Å². The number of aliphatic carboxylic acids is 1. The molecule has 18 heavy (non-hydrogen) atoms. The number of nitrogens with one attached hydrogen (secondary N) is 1. The third-order valence-corrected chi connectivity index (χ3v) is 2.69. The molecule has 0 amide bonds. The monoisotopic (exact) mass is 242 g/mol. The Bertz CT molecular complexity index is 619. The molecule has 0 radical (unpaired) electrons. The number of allylic oxidation sites excluding steroid dienone is 1. The zero-order valence-corrected chi connectivity index (χ0v) is 9.15. The lowest BCUT2D eigenvalue weighted by atomic mass is 10.0. The molecule has 0 spiro atoms. The summed E-state index contributed by atoms with van der Waals surface area (Å²) in [7, 11) is 0. The molecule has 1 atom stereocenters. The molecule has 0 fully saturated rings. The second-order valence-corrected chi connectivity index (χ2v) is 3.80. The van der Waals surface area contributed by atoms with Crippen LogP contribution in [-0.4, -0.2) is 26.2 Å². The first kappa shape index (κ1) is 10.5. The summed E-state index contributed by atoms with van der Waals surface area (Å²) in [6.07, 6.45) is 1.52. The molecule has 2 aromatic rings. The van der Waals surface area contributed by atoms with Crippen molar-refractivity contribution in [2.75, 3.05) is 5.32 Å². The maximum absolute atomic E-state index is 10.9. The number of tetrazole rings is 1. The van der Waals surface area contributed by atoms with Crippen LogP contribution in [0.4, 0.5) is 5.95 Å². The fourth-order valence-corrected chi connectivity index (χ4v) is 1.86. The van der Waals surface area contributed by atoms with E-state index in [-0.39, 0.29) is 17.7 Å². The Hall–Kier alpha value is -2.70. The van der Waals surface area contributed by atoms with E-state index in [2.05, 4.69) is 20.8 Å². The highest BCUT2D eigenvalue weighted by Crippen LogP contribution is 2.26. The fourth-order valence-electron chi connectivity index (χ4n) is 1.86. The average Bonchev–Trinajstić information content (AvgIpc) is 2.86. The molecular weight excluding hydrogens is 234 g/mol. The summed E-state index contributed by atoms with van der Waals surface area (Å²) >= 11 is 0. The van der Waals surface area contributed by atoms with Crippen LogP contribution in [0.25, 0.3) is 0 Å². The normalized spacial score (nSPS) is 17.6. The van der Waals surface area contributed by atoms with Gasteiger partial charge in [0.05, 0.1) is 11.7 Å². The van der Waals surface area contributed by atoms with Gasteiger partial charge in [-0.25, -0.2) is 0 Å². The summed E-state index contributed by atoms with van der Waals surface area (Å²) in [5.41, 5.74) is 0.859. The maximum Gasteiger partial charge on any atom is 0.248 e. The molecule has 1 aromatic carbocycles. The van der Waals surface area contributed by atoms with Gasteiger partial charge in [-0.15, -0.1) is 0 Å². The molecule has 1 aliphatic rings. The highest BCUT2D eigenvalue weighted by molar-refractivity contribution is 5.88. The molecule has 3 rings (SSSR count). The number of nitrogens with zero attached hydrogens (tertiary/aromatic N) is 4. The molecule has 2 heterocycles. The first-order valence-electron chi connectivity index (χ1n) is 5.29. The zero-order valence-electron chi connectivity index (χ0n) is 9.15. The number of aromatic nitrogens is 4. The predicted molar refractivity (Wildman–Crippen MR) is 59.1 cm³/mol. The minimum atomic E-state index is -1.29. The van der Waals surface area contributed by atoms with Crippen molar-refractivity contribution in [3.05, 3.63) is 47.7 Å². The second-order valence-electron chi connectivity index (χ2n) is 3.80. The van der Waals surface area contributed by atoms with E-state index < -0.39 is 5.97 Å². The molecule has 0 aliphatic carbocycles. The maximum atomic E-state index is 10.9. The van der Waals surface area contributed by atoms with Crippen molar-refractivity contribution in [1.29, 1.82) is 0 Å². The number of benzene rings is 1. The Labute approximate surface area is 102 Å². The van der Waals surface area contributed by atoms with E-state index in [9.17, 15) is 9.90 Å². The van der Waals surface area contributed by atoms with Crippen LogP contribution >= 0.6 is 0 Å². The molecule has 90 valence electrons. The van der Waals surface area contributed by atoms with Crippen LogP contribution in [0.2, 0.25) is 0 Å². The summed E-state index contributed by atoms with van der Waals surface area (Å²) < 4.78 is 1.52. The summed E-state index contributed by atoms with van der Waals surface area (Å²) in [5, 5.41) is 24.6. The van der Waals surface area contributed by atoms with Gasteiger partial charge in [-0.3, -0.25) is 0 Å². The second kappa shape index (κ2) is 3.95. The highest BCUT2D eigenvalue weighted by atomic mass is 16.4. The van der Waals surface area contributed by atoms with Crippen LogP contribution in [-0.2, 0) is 4.79 Å². The van der Waals surface area contributed by atoms with Crippen molar-refractivity contribution in [2.24, 2.45) is 0 Å². The van der Waals surface area contributed by atoms with Gasteiger partial charge in [-0.05, 0) is 22.1 Å². The SMILES string of the molecule is O=C([O-])C1=C[C@@H](c2ccccc2)n2nnnc2N1. The number of carboxylic acids is 1. The lowest BCUT2D eigenvalue weighted by Gasteiger charge is -2.23. The van der Waals surface area contributed by atoms with E-state index in [1.165, 1.54) is 10.8 Å². The van der Waals surface area contributed by atoms with E-state index in [1.54, 1.807) is 0 Å². The van der Waals surface area contributed by atoms with E-state index >= 15 is 0 Å². The number of hydrogen-bond acceptors (Lipinski definition) is 6. The number of carboxylic acid groups (broad SMARTS) is 1. The first-order chi connectivity index (χ1) is 8.75. The number of fused-ring (bicyclic) bond motifs is 1. The zero-order chi connectivity index (χ0) is 12.5. The summed E-state index contributed by atoms with van der Waals surface area (Å²) in [6, 6.07) is 9.02. The van der Waals surface area contributed by atoms with Gasteiger partial charge in [-0.2, -0.15) is 4.68 Å². The first-order valence-corrected chi connectivity index (χ1v) is 5.29. The van der Waals surface area contributed by atoms with Gasteiger partial charge in [0.1, 0.15) is 6.04 Å². The van der Waals surface area contributed by atoms with Gasteiger partial charge >= 0.3 is 0 Å². The van der Waals surface area contributed by atoms with E-state index in [1.807, 2.05) is 30.3 Å². The van der Waals surface area contributed by atoms with Gasteiger partial charge in [-0.1, -0.05) is 35.4 Å². The lowest BCUT2D eigenvalue weighted by molar-refractivity contribution is -0.299. The lowest BCUT2D eigenvalue weighted by Crippen LogP contribution is -2.32. The minimum Gasteiger partial charge on any atom is -0.543 e. The standard InChI is InChI=1S/C11H9N5O2/c17-10(18)8-6-9(7-4-2-1-3-5-7)16-11(12-8)13-14-15-16/h1-6,9H,(H,17,18)(H,12,13,15)/p-1/t9-/m0/s1. The van der Waals surface area contributed by atoms with Crippen molar-refractivity contribution in [2.45, 2.75) is 6.04 Å². The molecular formula is C11H8N5O2-. The Morgan fingerprint density at radius 1 is 1.33 bits per heavy atom. The smallest absolute Gasteiger partial charge is 0.248 e. The molecule has 1 aliphatic heterocycles. The largest absolute Gasteiger partial charge is 0.543 e. The molecule has 0 saturated carbocycles. The van der Waals surface area contributed by atoms with Crippen molar-refractivity contribution in [1.82, 2.24) is 20.2 Å². The summed E-state index contributed by atoms with van der Waals surface area (Å²) in [5.74, 6) is -1.00. The third kappa shape index (κ3) is 1.61. The van der Waals surface area contributed by atoms with Gasteiger partial charge in [0.2, 0.25) is 5.95 Å². The number of hydrogen-bond donors (Lipinski definition) is 1. The quantitative estimate of drug-likeness (QED) is 0.749. The van der Waals surface area contributed by atoms with Crippen molar-refractivity contribution in [3.8, 4) is 0 Å². The van der Waals surface area contributed by atoms with Crippen LogP contribution in [0, 0.1) is 0 Å². The number of carbonyl (C=O) groups is 1. The van der Waals surface area contributed by atoms with Gasteiger partial charge < -0.3 is 15.2 Å². The average molecular weight is 242 g/mol. The topological polar surface area (TPSA) is 95.8 Å². The molecule has 0 bridgehead atoms. The summed E-state index contributed by atoms with van der Waals surface area (Å²) in [6.45, 7) is 0.